The molecule has 0 aromatic carbocycles. The molecule has 110 valence electrons. The second-order valence-electron chi connectivity index (χ2n) is 6.14. The van der Waals surface area contributed by atoms with Crippen molar-refractivity contribution in [2.75, 3.05) is 6.54 Å². The van der Waals surface area contributed by atoms with E-state index in [2.05, 4.69) is 0 Å². The molecule has 0 radical (unpaired) electrons. The van der Waals surface area contributed by atoms with Crippen LogP contribution in [0.1, 0.15) is 50.1 Å². The summed E-state index contributed by atoms with van der Waals surface area (Å²) in [6.45, 7) is 5.13. The number of amides is 1. The fourth-order valence-electron chi connectivity index (χ4n) is 2.16. The van der Waals surface area contributed by atoms with Crippen LogP contribution in [0.25, 0.3) is 0 Å². The first-order valence-corrected chi connectivity index (χ1v) is 6.99. The molecule has 6 heteroatoms. The van der Waals surface area contributed by atoms with E-state index in [0.717, 1.165) is 12.8 Å². The normalized spacial score (nSPS) is 15.2. The summed E-state index contributed by atoms with van der Waals surface area (Å²) in [5.74, 6) is -1.32. The van der Waals surface area contributed by atoms with E-state index < -0.39 is 11.5 Å². The molecule has 1 amide bonds. The number of nitrogens with zero attached hydrogens (tertiary/aromatic N) is 2. The molecule has 0 atom stereocenters. The van der Waals surface area contributed by atoms with Crippen molar-refractivity contribution in [2.24, 2.45) is 0 Å². The molecule has 2 rings (SSSR count). The maximum absolute atomic E-state index is 12.7. The van der Waals surface area contributed by atoms with Crippen LogP contribution in [0.3, 0.4) is 0 Å². The number of carboxylic acids is 1. The minimum absolute atomic E-state index is 0.293. The van der Waals surface area contributed by atoms with Crippen LogP contribution < -0.4 is 0 Å². The van der Waals surface area contributed by atoms with Gasteiger partial charge in [0, 0.05) is 17.8 Å². The summed E-state index contributed by atoms with van der Waals surface area (Å²) in [6.07, 6.45) is 3.80. The van der Waals surface area contributed by atoms with Gasteiger partial charge < -0.3 is 14.6 Å². The number of carbonyl (C=O) groups excluding carboxylic acids is 1. The summed E-state index contributed by atoms with van der Waals surface area (Å²) >= 11 is 6.00. The third-order valence-electron chi connectivity index (χ3n) is 3.32. The SMILES string of the molecule is CC(C)(C)N(CC(=O)O)C(=O)c1cc(Cl)cn1C1CC1. The summed E-state index contributed by atoms with van der Waals surface area (Å²) in [4.78, 5) is 25.0. The highest BCUT2D eigenvalue weighted by Crippen LogP contribution is 2.38. The van der Waals surface area contributed by atoms with E-state index in [0.29, 0.717) is 16.8 Å². The van der Waals surface area contributed by atoms with Crippen LogP contribution in [0.15, 0.2) is 12.3 Å². The molecule has 5 nitrogen and oxygen atoms in total. The lowest BCUT2D eigenvalue weighted by atomic mass is 10.1. The standard InChI is InChI=1S/C14H19ClN2O3/c1-14(2,3)17(8-12(18)19)13(20)11-6-9(15)7-16(11)10-4-5-10/h6-7,10H,4-5,8H2,1-3H3,(H,18,19). The Morgan fingerprint density at radius 3 is 2.50 bits per heavy atom. The van der Waals surface area contributed by atoms with E-state index in [-0.39, 0.29) is 12.5 Å². The molecule has 0 aliphatic heterocycles. The Balaban J connectivity index is 2.34. The molecule has 1 heterocycles. The Labute approximate surface area is 123 Å². The van der Waals surface area contributed by atoms with Gasteiger partial charge >= 0.3 is 5.97 Å². The molecule has 1 fully saturated rings. The molecule has 1 aromatic heterocycles. The number of hydrogen-bond acceptors (Lipinski definition) is 2. The van der Waals surface area contributed by atoms with Crippen molar-refractivity contribution in [1.82, 2.24) is 9.47 Å². The first kappa shape index (κ1) is 14.9. The molecule has 0 unspecified atom stereocenters. The Morgan fingerprint density at radius 1 is 1.45 bits per heavy atom. The van der Waals surface area contributed by atoms with Gasteiger partial charge in [0.05, 0.1) is 5.02 Å². The third-order valence-corrected chi connectivity index (χ3v) is 3.53. The van der Waals surface area contributed by atoms with Crippen LogP contribution in [-0.4, -0.2) is 38.5 Å². The van der Waals surface area contributed by atoms with Crippen molar-refractivity contribution in [3.63, 3.8) is 0 Å². The molecule has 1 aromatic rings. The second kappa shape index (κ2) is 5.13. The van der Waals surface area contributed by atoms with Gasteiger partial charge in [0.15, 0.2) is 0 Å². The summed E-state index contributed by atoms with van der Waals surface area (Å²) in [5, 5.41) is 9.52. The topological polar surface area (TPSA) is 62.5 Å². The van der Waals surface area contributed by atoms with Crippen LogP contribution in [-0.2, 0) is 4.79 Å². The summed E-state index contributed by atoms with van der Waals surface area (Å²) in [7, 11) is 0. The zero-order valence-electron chi connectivity index (χ0n) is 11.9. The molecule has 1 saturated carbocycles. The number of halogens is 1. The van der Waals surface area contributed by atoms with E-state index in [1.54, 1.807) is 12.3 Å². The van der Waals surface area contributed by atoms with Gasteiger partial charge in [0.2, 0.25) is 0 Å². The fourth-order valence-corrected chi connectivity index (χ4v) is 2.37. The average molecular weight is 299 g/mol. The van der Waals surface area contributed by atoms with E-state index in [1.165, 1.54) is 4.90 Å². The highest BCUT2D eigenvalue weighted by atomic mass is 35.5. The van der Waals surface area contributed by atoms with Gasteiger partial charge in [-0.15, -0.1) is 0 Å². The van der Waals surface area contributed by atoms with E-state index in [4.69, 9.17) is 16.7 Å². The van der Waals surface area contributed by atoms with Gasteiger partial charge in [-0.3, -0.25) is 9.59 Å². The van der Waals surface area contributed by atoms with Crippen molar-refractivity contribution in [3.8, 4) is 0 Å². The van der Waals surface area contributed by atoms with E-state index in [1.807, 2.05) is 25.3 Å². The van der Waals surface area contributed by atoms with Gasteiger partial charge in [-0.05, 0) is 39.7 Å². The Hall–Kier alpha value is -1.49. The molecule has 1 N–H and O–H groups in total. The van der Waals surface area contributed by atoms with Crippen molar-refractivity contribution < 1.29 is 14.7 Å². The number of hydrogen-bond donors (Lipinski definition) is 1. The zero-order valence-corrected chi connectivity index (χ0v) is 12.6. The maximum Gasteiger partial charge on any atom is 0.323 e. The first-order chi connectivity index (χ1) is 9.20. The number of aromatic nitrogens is 1. The van der Waals surface area contributed by atoms with Crippen LogP contribution in [0.5, 0.6) is 0 Å². The van der Waals surface area contributed by atoms with Crippen molar-refractivity contribution in [2.45, 2.75) is 45.2 Å². The summed E-state index contributed by atoms with van der Waals surface area (Å²) in [6, 6.07) is 1.93. The predicted molar refractivity (Wildman–Crippen MR) is 76.1 cm³/mol. The number of aliphatic carboxylic acids is 1. The largest absolute Gasteiger partial charge is 0.480 e. The third kappa shape index (κ3) is 3.15. The van der Waals surface area contributed by atoms with Gasteiger partial charge in [-0.1, -0.05) is 11.6 Å². The molecular formula is C14H19ClN2O3. The highest BCUT2D eigenvalue weighted by molar-refractivity contribution is 6.31. The van der Waals surface area contributed by atoms with Crippen molar-refractivity contribution in [1.29, 1.82) is 0 Å². The minimum Gasteiger partial charge on any atom is -0.480 e. The maximum atomic E-state index is 12.7. The zero-order chi connectivity index (χ0) is 15.1. The van der Waals surface area contributed by atoms with Gasteiger partial charge in [0.1, 0.15) is 12.2 Å². The van der Waals surface area contributed by atoms with Crippen molar-refractivity contribution >= 4 is 23.5 Å². The Bertz CT molecular complexity index is 541. The van der Waals surface area contributed by atoms with Crippen LogP contribution in [0, 0.1) is 0 Å². The predicted octanol–water partition coefficient (Wildman–Crippen LogP) is 2.80. The lowest BCUT2D eigenvalue weighted by molar-refractivity contribution is -0.138. The number of rotatable bonds is 4. The second-order valence-corrected chi connectivity index (χ2v) is 6.57. The summed E-state index contributed by atoms with van der Waals surface area (Å²) < 4.78 is 1.87. The molecular weight excluding hydrogens is 280 g/mol. The molecule has 0 bridgehead atoms. The Kier molecular flexibility index (Phi) is 3.82. The smallest absolute Gasteiger partial charge is 0.323 e. The first-order valence-electron chi connectivity index (χ1n) is 6.61. The van der Waals surface area contributed by atoms with Crippen LogP contribution in [0.4, 0.5) is 0 Å². The minimum atomic E-state index is -1.02. The number of carboxylic acid groups (broad SMARTS) is 1. The Morgan fingerprint density at radius 2 is 2.05 bits per heavy atom. The van der Waals surface area contributed by atoms with E-state index >= 15 is 0 Å². The fraction of sp³-hybridized carbons (Fsp3) is 0.571. The average Bonchev–Trinajstić information content (AvgIpc) is 3.07. The molecule has 1 aliphatic rings. The molecule has 0 saturated heterocycles. The van der Waals surface area contributed by atoms with Crippen LogP contribution >= 0.6 is 11.6 Å². The van der Waals surface area contributed by atoms with E-state index in [9.17, 15) is 9.59 Å². The highest BCUT2D eigenvalue weighted by Gasteiger charge is 2.34. The molecule has 1 aliphatic carbocycles. The number of carbonyl (C=O) groups is 2. The van der Waals surface area contributed by atoms with Gasteiger partial charge in [0.25, 0.3) is 5.91 Å². The monoisotopic (exact) mass is 298 g/mol. The van der Waals surface area contributed by atoms with Gasteiger partial charge in [-0.25, -0.2) is 0 Å². The molecule has 20 heavy (non-hydrogen) atoms. The molecule has 0 spiro atoms. The summed E-state index contributed by atoms with van der Waals surface area (Å²) in [5.41, 5.74) is -0.102. The lowest BCUT2D eigenvalue weighted by Gasteiger charge is -2.34. The quantitative estimate of drug-likeness (QED) is 0.929. The van der Waals surface area contributed by atoms with Crippen LogP contribution in [0.2, 0.25) is 5.02 Å². The lowest BCUT2D eigenvalue weighted by Crippen LogP contribution is -2.48. The van der Waals surface area contributed by atoms with Gasteiger partial charge in [-0.2, -0.15) is 0 Å². The van der Waals surface area contributed by atoms with Crippen molar-refractivity contribution in [3.05, 3.63) is 23.0 Å².